The van der Waals surface area contributed by atoms with Crippen LogP contribution in [-0.2, 0) is 29.7 Å². The van der Waals surface area contributed by atoms with Crippen molar-refractivity contribution in [1.29, 1.82) is 0 Å². The van der Waals surface area contributed by atoms with Crippen molar-refractivity contribution < 1.29 is 9.53 Å². The second-order valence-electron chi connectivity index (χ2n) is 7.06. The summed E-state index contributed by atoms with van der Waals surface area (Å²) in [5.41, 5.74) is 2.37. The van der Waals surface area contributed by atoms with Gasteiger partial charge >= 0.3 is 0 Å². The molecule has 2 aliphatic rings. The van der Waals surface area contributed by atoms with E-state index in [-0.39, 0.29) is 24.0 Å². The Hall–Kier alpha value is -2.18. The maximum absolute atomic E-state index is 12.8. The Morgan fingerprint density at radius 1 is 1.16 bits per heavy atom. The molecule has 0 radical (unpaired) electrons. The molecular formula is C19H24N4O2. The van der Waals surface area contributed by atoms with Crippen LogP contribution in [0, 0.1) is 5.92 Å². The van der Waals surface area contributed by atoms with Crippen molar-refractivity contribution in [1.82, 2.24) is 19.6 Å². The number of hydrogen-bond donors (Lipinski definition) is 0. The Labute approximate surface area is 148 Å². The molecule has 2 saturated heterocycles. The molecule has 4 rings (SSSR count). The summed E-state index contributed by atoms with van der Waals surface area (Å²) < 4.78 is 7.40. The first-order valence-electron chi connectivity index (χ1n) is 8.73. The molecule has 3 atom stereocenters. The number of hydrogen-bond acceptors (Lipinski definition) is 4. The van der Waals surface area contributed by atoms with Gasteiger partial charge in [0.05, 0.1) is 12.2 Å². The molecule has 0 unspecified atom stereocenters. The van der Waals surface area contributed by atoms with Gasteiger partial charge in [-0.05, 0) is 5.56 Å². The summed E-state index contributed by atoms with van der Waals surface area (Å²) in [4.78, 5) is 17.2. The van der Waals surface area contributed by atoms with E-state index in [9.17, 15) is 4.79 Å². The molecule has 2 aromatic rings. The van der Waals surface area contributed by atoms with Crippen molar-refractivity contribution in [2.24, 2.45) is 13.0 Å². The SMILES string of the molecule is CO[C@@H]1C(=O)N(Cc2ccccc2)[C@@H]2CN(Cc3cnn(C)c3)C[C@H]12. The van der Waals surface area contributed by atoms with Crippen LogP contribution in [0.5, 0.6) is 0 Å². The van der Waals surface area contributed by atoms with Crippen molar-refractivity contribution in [2.45, 2.75) is 25.2 Å². The van der Waals surface area contributed by atoms with Gasteiger partial charge in [-0.25, -0.2) is 0 Å². The highest BCUT2D eigenvalue weighted by Crippen LogP contribution is 2.35. The molecule has 1 aromatic heterocycles. The van der Waals surface area contributed by atoms with E-state index in [0.717, 1.165) is 25.2 Å². The highest BCUT2D eigenvalue weighted by molar-refractivity contribution is 5.84. The fraction of sp³-hybridized carbons (Fsp3) is 0.474. The molecule has 132 valence electrons. The van der Waals surface area contributed by atoms with E-state index in [1.807, 2.05) is 41.0 Å². The molecule has 1 amide bonds. The van der Waals surface area contributed by atoms with Gasteiger partial charge in [0.25, 0.3) is 5.91 Å². The lowest BCUT2D eigenvalue weighted by Crippen LogP contribution is -2.38. The van der Waals surface area contributed by atoms with Gasteiger partial charge in [0.2, 0.25) is 0 Å². The monoisotopic (exact) mass is 340 g/mol. The Morgan fingerprint density at radius 2 is 1.96 bits per heavy atom. The van der Waals surface area contributed by atoms with E-state index in [1.54, 1.807) is 7.11 Å². The molecular weight excluding hydrogens is 316 g/mol. The van der Waals surface area contributed by atoms with Gasteiger partial charge in [0.1, 0.15) is 6.10 Å². The second kappa shape index (κ2) is 6.61. The largest absolute Gasteiger partial charge is 0.371 e. The predicted molar refractivity (Wildman–Crippen MR) is 93.6 cm³/mol. The summed E-state index contributed by atoms with van der Waals surface area (Å²) in [6, 6.07) is 10.4. The Bertz CT molecular complexity index is 745. The first-order chi connectivity index (χ1) is 12.2. The number of ether oxygens (including phenoxy) is 1. The minimum Gasteiger partial charge on any atom is -0.371 e. The van der Waals surface area contributed by atoms with Gasteiger partial charge in [0, 0.05) is 58.0 Å². The third-order valence-corrected chi connectivity index (χ3v) is 5.34. The first kappa shape index (κ1) is 16.3. The van der Waals surface area contributed by atoms with Crippen LogP contribution in [-0.4, -0.2) is 57.8 Å². The Kier molecular flexibility index (Phi) is 4.31. The molecule has 0 bridgehead atoms. The molecule has 0 spiro atoms. The lowest BCUT2D eigenvalue weighted by Gasteiger charge is -2.25. The predicted octanol–water partition coefficient (Wildman–Crippen LogP) is 1.28. The smallest absolute Gasteiger partial charge is 0.252 e. The van der Waals surface area contributed by atoms with E-state index >= 15 is 0 Å². The van der Waals surface area contributed by atoms with Crippen LogP contribution in [0.15, 0.2) is 42.7 Å². The summed E-state index contributed by atoms with van der Waals surface area (Å²) in [7, 11) is 3.58. The topological polar surface area (TPSA) is 50.6 Å². The number of nitrogens with zero attached hydrogens (tertiary/aromatic N) is 4. The van der Waals surface area contributed by atoms with Crippen molar-refractivity contribution in [2.75, 3.05) is 20.2 Å². The highest BCUT2D eigenvalue weighted by atomic mass is 16.5. The summed E-state index contributed by atoms with van der Waals surface area (Å²) in [6.07, 6.45) is 3.64. The quantitative estimate of drug-likeness (QED) is 0.823. The number of amides is 1. The number of carbonyl (C=O) groups excluding carboxylic acids is 1. The van der Waals surface area contributed by atoms with Crippen LogP contribution >= 0.6 is 0 Å². The van der Waals surface area contributed by atoms with Gasteiger partial charge < -0.3 is 9.64 Å². The van der Waals surface area contributed by atoms with Gasteiger partial charge in [-0.1, -0.05) is 30.3 Å². The van der Waals surface area contributed by atoms with Gasteiger partial charge in [0.15, 0.2) is 0 Å². The lowest BCUT2D eigenvalue weighted by molar-refractivity contribution is -0.138. The van der Waals surface area contributed by atoms with E-state index in [0.29, 0.717) is 6.54 Å². The number of rotatable bonds is 5. The average Bonchev–Trinajstić information content (AvgIpc) is 3.26. The zero-order valence-corrected chi connectivity index (χ0v) is 14.7. The molecule has 0 N–H and O–H groups in total. The molecule has 0 aliphatic carbocycles. The van der Waals surface area contributed by atoms with Crippen LogP contribution in [0.25, 0.3) is 0 Å². The minimum atomic E-state index is -0.326. The third-order valence-electron chi connectivity index (χ3n) is 5.34. The molecule has 3 heterocycles. The minimum absolute atomic E-state index is 0.127. The highest BCUT2D eigenvalue weighted by Gasteiger charge is 2.52. The maximum Gasteiger partial charge on any atom is 0.252 e. The number of fused-ring (bicyclic) bond motifs is 1. The molecule has 2 fully saturated rings. The lowest BCUT2D eigenvalue weighted by atomic mass is 10.0. The Morgan fingerprint density at radius 3 is 2.64 bits per heavy atom. The summed E-state index contributed by atoms with van der Waals surface area (Å²) >= 11 is 0. The van der Waals surface area contributed by atoms with E-state index in [2.05, 4.69) is 28.3 Å². The van der Waals surface area contributed by atoms with Crippen LogP contribution in [0.2, 0.25) is 0 Å². The zero-order valence-electron chi connectivity index (χ0n) is 14.7. The fourth-order valence-corrected chi connectivity index (χ4v) is 4.22. The first-order valence-corrected chi connectivity index (χ1v) is 8.73. The van der Waals surface area contributed by atoms with Crippen molar-refractivity contribution >= 4 is 5.91 Å². The van der Waals surface area contributed by atoms with Crippen molar-refractivity contribution in [3.8, 4) is 0 Å². The number of likely N-dealkylation sites (tertiary alicyclic amines) is 2. The average molecular weight is 340 g/mol. The van der Waals surface area contributed by atoms with Crippen molar-refractivity contribution in [3.05, 3.63) is 53.9 Å². The van der Waals surface area contributed by atoms with Gasteiger partial charge in [-0.15, -0.1) is 0 Å². The second-order valence-corrected chi connectivity index (χ2v) is 7.06. The maximum atomic E-state index is 12.8. The van der Waals surface area contributed by atoms with Gasteiger partial charge in [-0.3, -0.25) is 14.4 Å². The summed E-state index contributed by atoms with van der Waals surface area (Å²) in [6.45, 7) is 3.29. The van der Waals surface area contributed by atoms with Crippen LogP contribution < -0.4 is 0 Å². The molecule has 2 aliphatic heterocycles. The standard InChI is InChI=1S/C19H24N4O2/c1-21-9-15(8-20-21)10-22-12-16-17(13-22)23(19(24)18(16)25-2)11-14-6-4-3-5-7-14/h3-9,16-18H,10-13H2,1-2H3/t16-,17+,18-/m0/s1. The number of carbonyl (C=O) groups is 1. The number of benzene rings is 1. The number of aromatic nitrogens is 2. The molecule has 6 heteroatoms. The molecule has 25 heavy (non-hydrogen) atoms. The van der Waals surface area contributed by atoms with Crippen molar-refractivity contribution in [3.63, 3.8) is 0 Å². The molecule has 0 saturated carbocycles. The van der Waals surface area contributed by atoms with Gasteiger partial charge in [-0.2, -0.15) is 5.10 Å². The van der Waals surface area contributed by atoms with E-state index < -0.39 is 0 Å². The van der Waals surface area contributed by atoms with Crippen LogP contribution in [0.3, 0.4) is 0 Å². The summed E-state index contributed by atoms with van der Waals surface area (Å²) in [5, 5.41) is 4.25. The Balaban J connectivity index is 1.50. The third kappa shape index (κ3) is 3.07. The normalized spacial score (nSPS) is 26.4. The van der Waals surface area contributed by atoms with E-state index in [4.69, 9.17) is 4.74 Å². The van der Waals surface area contributed by atoms with E-state index in [1.165, 1.54) is 5.56 Å². The number of methoxy groups -OCH3 is 1. The molecule has 6 nitrogen and oxygen atoms in total. The zero-order chi connectivity index (χ0) is 17.4. The number of aryl methyl sites for hydroxylation is 1. The fourth-order valence-electron chi connectivity index (χ4n) is 4.22. The van der Waals surface area contributed by atoms with Crippen LogP contribution in [0.4, 0.5) is 0 Å². The summed E-state index contributed by atoms with van der Waals surface area (Å²) in [5.74, 6) is 0.361. The van der Waals surface area contributed by atoms with Crippen LogP contribution in [0.1, 0.15) is 11.1 Å². The molecule has 1 aromatic carbocycles.